The lowest BCUT2D eigenvalue weighted by Crippen LogP contribution is -2.11. The van der Waals surface area contributed by atoms with Crippen LogP contribution >= 0.6 is 0 Å². The van der Waals surface area contributed by atoms with Gasteiger partial charge in [0, 0.05) is 12.2 Å². The Hall–Kier alpha value is -3.54. The molecule has 2 N–H and O–H groups in total. The van der Waals surface area contributed by atoms with Gasteiger partial charge in [-0.25, -0.2) is 9.59 Å². The van der Waals surface area contributed by atoms with E-state index in [2.05, 4.69) is 0 Å². The van der Waals surface area contributed by atoms with Gasteiger partial charge in [0.1, 0.15) is 24.7 Å². The zero-order valence-electron chi connectivity index (χ0n) is 13.9. The van der Waals surface area contributed by atoms with Crippen molar-refractivity contribution in [2.75, 3.05) is 13.2 Å². The molecule has 0 saturated carbocycles. The normalized spacial score (nSPS) is 10.9. The highest BCUT2D eigenvalue weighted by molar-refractivity contribution is 5.87. The van der Waals surface area contributed by atoms with Gasteiger partial charge >= 0.3 is 11.9 Å². The molecule has 0 aliphatic rings. The molecule has 0 saturated heterocycles. The largest absolute Gasteiger partial charge is 0.508 e. The summed E-state index contributed by atoms with van der Waals surface area (Å²) in [6.07, 6.45) is 5.60. The quantitative estimate of drug-likeness (QED) is 0.451. The lowest BCUT2D eigenvalue weighted by Gasteiger charge is -2.02. The van der Waals surface area contributed by atoms with Crippen molar-refractivity contribution in [3.8, 4) is 11.5 Å². The molecular weight excluding hydrogens is 336 g/mol. The number of phenolic OH excluding ortho intramolecular Hbond substituents is 2. The topological polar surface area (TPSA) is 93.1 Å². The summed E-state index contributed by atoms with van der Waals surface area (Å²) in [6.45, 7) is -0.116. The molecule has 0 unspecified atom stereocenters. The molecule has 0 bridgehead atoms. The van der Waals surface area contributed by atoms with Crippen molar-refractivity contribution in [3.63, 3.8) is 0 Å². The van der Waals surface area contributed by atoms with E-state index in [9.17, 15) is 9.59 Å². The van der Waals surface area contributed by atoms with Crippen molar-refractivity contribution in [1.82, 2.24) is 0 Å². The van der Waals surface area contributed by atoms with Crippen molar-refractivity contribution in [3.05, 3.63) is 71.8 Å². The second kappa shape index (κ2) is 9.68. The zero-order chi connectivity index (χ0) is 18.8. The predicted octanol–water partition coefficient (Wildman–Crippen LogP) is 2.91. The predicted molar refractivity (Wildman–Crippen MR) is 96.2 cm³/mol. The van der Waals surface area contributed by atoms with Crippen LogP contribution in [0.15, 0.2) is 60.7 Å². The Morgan fingerprint density at radius 2 is 1.04 bits per heavy atom. The molecule has 0 aliphatic carbocycles. The van der Waals surface area contributed by atoms with Crippen molar-refractivity contribution in [1.29, 1.82) is 0 Å². The third-order valence-electron chi connectivity index (χ3n) is 3.18. The number of phenols is 2. The maximum Gasteiger partial charge on any atom is 0.330 e. The summed E-state index contributed by atoms with van der Waals surface area (Å²) >= 11 is 0. The number of esters is 2. The number of hydrogen-bond acceptors (Lipinski definition) is 6. The monoisotopic (exact) mass is 354 g/mol. The number of ether oxygens (including phenoxy) is 2. The van der Waals surface area contributed by atoms with Crippen LogP contribution in [0.2, 0.25) is 0 Å². The van der Waals surface area contributed by atoms with Crippen LogP contribution in [0.25, 0.3) is 12.2 Å². The second-order valence-corrected chi connectivity index (χ2v) is 5.18. The Kier molecular flexibility index (Phi) is 7.00. The average Bonchev–Trinajstić information content (AvgIpc) is 2.64. The molecule has 6 heteroatoms. The van der Waals surface area contributed by atoms with E-state index in [0.29, 0.717) is 0 Å². The van der Waals surface area contributed by atoms with Crippen LogP contribution < -0.4 is 0 Å². The first-order valence-corrected chi connectivity index (χ1v) is 7.81. The van der Waals surface area contributed by atoms with E-state index < -0.39 is 11.9 Å². The smallest absolute Gasteiger partial charge is 0.330 e. The average molecular weight is 354 g/mol. The number of benzene rings is 2. The van der Waals surface area contributed by atoms with Crippen molar-refractivity contribution >= 4 is 24.1 Å². The first kappa shape index (κ1) is 18.8. The zero-order valence-corrected chi connectivity index (χ0v) is 13.9. The molecule has 0 atom stereocenters. The Balaban J connectivity index is 1.66. The first-order valence-electron chi connectivity index (χ1n) is 7.81. The van der Waals surface area contributed by atoms with Gasteiger partial charge in [0.05, 0.1) is 0 Å². The maximum atomic E-state index is 11.5. The molecule has 6 nitrogen and oxygen atoms in total. The lowest BCUT2D eigenvalue weighted by molar-refractivity contribution is -0.145. The van der Waals surface area contributed by atoms with Crippen LogP contribution in [0.3, 0.4) is 0 Å². The number of hydrogen-bond donors (Lipinski definition) is 2. The van der Waals surface area contributed by atoms with Crippen LogP contribution in [0, 0.1) is 0 Å². The molecule has 134 valence electrons. The molecule has 2 rings (SSSR count). The highest BCUT2D eigenvalue weighted by atomic mass is 16.6. The standard InChI is InChI=1S/C20H18O6/c21-17-7-1-15(2-8-17)5-11-19(23)25-13-14-26-20(24)12-6-16-3-9-18(22)10-4-16/h1-12,21-22H,13-14H2. The van der Waals surface area contributed by atoms with E-state index >= 15 is 0 Å². The summed E-state index contributed by atoms with van der Waals surface area (Å²) in [5.41, 5.74) is 1.48. The SMILES string of the molecule is O=C(C=Cc1ccc(O)cc1)OCCOC(=O)C=Cc1ccc(O)cc1. The van der Waals surface area contributed by atoms with E-state index in [1.165, 1.54) is 36.4 Å². The minimum absolute atomic E-state index is 0.0580. The molecule has 0 spiro atoms. The van der Waals surface area contributed by atoms with Crippen molar-refractivity contribution < 1.29 is 29.3 Å². The van der Waals surface area contributed by atoms with Gasteiger partial charge in [0.15, 0.2) is 0 Å². The highest BCUT2D eigenvalue weighted by Crippen LogP contribution is 2.11. The van der Waals surface area contributed by atoms with Gasteiger partial charge in [-0.3, -0.25) is 0 Å². The van der Waals surface area contributed by atoms with Gasteiger partial charge in [0.2, 0.25) is 0 Å². The van der Waals surface area contributed by atoms with Crippen LogP contribution in [0.4, 0.5) is 0 Å². The summed E-state index contributed by atoms with van der Waals surface area (Å²) in [5, 5.41) is 18.3. The Morgan fingerprint density at radius 3 is 1.38 bits per heavy atom. The summed E-state index contributed by atoms with van der Waals surface area (Å²) in [4.78, 5) is 23.1. The fourth-order valence-electron chi connectivity index (χ4n) is 1.88. The fourth-order valence-corrected chi connectivity index (χ4v) is 1.88. The Labute approximate surface area is 150 Å². The van der Waals surface area contributed by atoms with Crippen LogP contribution in [0.1, 0.15) is 11.1 Å². The second-order valence-electron chi connectivity index (χ2n) is 5.18. The summed E-state index contributed by atoms with van der Waals surface area (Å²) in [7, 11) is 0. The Morgan fingerprint density at radius 1 is 0.692 bits per heavy atom. The number of rotatable bonds is 7. The van der Waals surface area contributed by atoms with Gasteiger partial charge in [-0.1, -0.05) is 24.3 Å². The molecule has 0 amide bonds. The fraction of sp³-hybridized carbons (Fsp3) is 0.100. The van der Waals surface area contributed by atoms with Gasteiger partial charge in [0.25, 0.3) is 0 Å². The van der Waals surface area contributed by atoms with Crippen LogP contribution in [0.5, 0.6) is 11.5 Å². The Bertz CT molecular complexity index is 719. The summed E-state index contributed by atoms with van der Waals surface area (Å²) in [6, 6.07) is 12.7. The molecule has 0 fully saturated rings. The van der Waals surface area contributed by atoms with Gasteiger partial charge < -0.3 is 19.7 Å². The van der Waals surface area contributed by atoms with E-state index in [-0.39, 0.29) is 24.7 Å². The third-order valence-corrected chi connectivity index (χ3v) is 3.18. The lowest BCUT2D eigenvalue weighted by atomic mass is 10.2. The molecular formula is C20H18O6. The minimum atomic E-state index is -0.561. The molecule has 2 aromatic rings. The van der Waals surface area contributed by atoms with Gasteiger partial charge in [-0.15, -0.1) is 0 Å². The van der Waals surface area contributed by atoms with E-state index in [0.717, 1.165) is 11.1 Å². The minimum Gasteiger partial charge on any atom is -0.508 e. The third kappa shape index (κ3) is 6.92. The van der Waals surface area contributed by atoms with Gasteiger partial charge in [-0.2, -0.15) is 0 Å². The molecule has 0 radical (unpaired) electrons. The van der Waals surface area contributed by atoms with Crippen LogP contribution in [-0.4, -0.2) is 35.4 Å². The number of carbonyl (C=O) groups is 2. The first-order chi connectivity index (χ1) is 12.5. The summed E-state index contributed by atoms with van der Waals surface area (Å²) < 4.78 is 9.82. The van der Waals surface area contributed by atoms with Gasteiger partial charge in [-0.05, 0) is 47.5 Å². The molecule has 26 heavy (non-hydrogen) atoms. The number of aromatic hydroxyl groups is 2. The molecule has 2 aromatic carbocycles. The maximum absolute atomic E-state index is 11.5. The molecule has 0 aliphatic heterocycles. The van der Waals surface area contributed by atoms with E-state index in [1.54, 1.807) is 36.4 Å². The van der Waals surface area contributed by atoms with E-state index in [4.69, 9.17) is 19.7 Å². The van der Waals surface area contributed by atoms with E-state index in [1.807, 2.05) is 0 Å². The van der Waals surface area contributed by atoms with Crippen LogP contribution in [-0.2, 0) is 19.1 Å². The molecule has 0 aromatic heterocycles. The highest BCUT2D eigenvalue weighted by Gasteiger charge is 2.00. The van der Waals surface area contributed by atoms with Crippen molar-refractivity contribution in [2.45, 2.75) is 0 Å². The number of carbonyl (C=O) groups excluding carboxylic acids is 2. The molecule has 0 heterocycles. The van der Waals surface area contributed by atoms with Crippen molar-refractivity contribution in [2.24, 2.45) is 0 Å². The summed E-state index contributed by atoms with van der Waals surface area (Å²) in [5.74, 6) is -0.834.